The standard InChI is InChI=1S/C28H28NP/c1-28(2,3)29-27-25(22-14-7-4-8-15-22)20-13-21-26(27)30(23-16-9-5-10-17-23)24-18-11-6-12-19-24/h4-21,29H,1-3H3. The number of hydrogen-bond acceptors (Lipinski definition) is 1. The fourth-order valence-electron chi connectivity index (χ4n) is 3.67. The van der Waals surface area contributed by atoms with Crippen LogP contribution in [0.4, 0.5) is 5.69 Å². The summed E-state index contributed by atoms with van der Waals surface area (Å²) in [6.07, 6.45) is 0. The van der Waals surface area contributed by atoms with E-state index in [-0.39, 0.29) is 5.54 Å². The molecule has 0 spiro atoms. The molecule has 1 nitrogen and oxygen atoms in total. The van der Waals surface area contributed by atoms with Crippen LogP contribution in [0.5, 0.6) is 0 Å². The Labute approximate surface area is 181 Å². The summed E-state index contributed by atoms with van der Waals surface area (Å²) < 4.78 is 0. The Kier molecular flexibility index (Phi) is 6.02. The van der Waals surface area contributed by atoms with Gasteiger partial charge in [0.2, 0.25) is 0 Å². The van der Waals surface area contributed by atoms with E-state index in [4.69, 9.17) is 0 Å². The van der Waals surface area contributed by atoms with Gasteiger partial charge in [-0.1, -0.05) is 109 Å². The van der Waals surface area contributed by atoms with Crippen LogP contribution in [0.3, 0.4) is 0 Å². The van der Waals surface area contributed by atoms with E-state index < -0.39 is 7.92 Å². The van der Waals surface area contributed by atoms with Crippen molar-refractivity contribution in [1.29, 1.82) is 0 Å². The minimum absolute atomic E-state index is 0.0476. The maximum Gasteiger partial charge on any atom is 0.0508 e. The number of anilines is 1. The van der Waals surface area contributed by atoms with Gasteiger partial charge >= 0.3 is 0 Å². The van der Waals surface area contributed by atoms with Gasteiger partial charge in [-0.2, -0.15) is 0 Å². The summed E-state index contributed by atoms with van der Waals surface area (Å²) in [6.45, 7) is 6.68. The van der Waals surface area contributed by atoms with Crippen molar-refractivity contribution in [3.8, 4) is 11.1 Å². The third-order valence-electron chi connectivity index (χ3n) is 4.90. The lowest BCUT2D eigenvalue weighted by Gasteiger charge is -2.30. The maximum absolute atomic E-state index is 3.85. The van der Waals surface area contributed by atoms with E-state index in [0.29, 0.717) is 0 Å². The van der Waals surface area contributed by atoms with Crippen molar-refractivity contribution in [2.45, 2.75) is 26.3 Å². The topological polar surface area (TPSA) is 12.0 Å². The summed E-state index contributed by atoms with van der Waals surface area (Å²) in [5.41, 5.74) is 3.67. The van der Waals surface area contributed by atoms with Crippen LogP contribution in [-0.2, 0) is 0 Å². The van der Waals surface area contributed by atoms with Gasteiger partial charge in [0.05, 0.1) is 5.69 Å². The van der Waals surface area contributed by atoms with E-state index in [0.717, 1.165) is 0 Å². The van der Waals surface area contributed by atoms with Crippen molar-refractivity contribution in [2.24, 2.45) is 0 Å². The fraction of sp³-hybridized carbons (Fsp3) is 0.143. The van der Waals surface area contributed by atoms with Crippen molar-refractivity contribution in [1.82, 2.24) is 0 Å². The molecule has 1 N–H and O–H groups in total. The van der Waals surface area contributed by atoms with Crippen molar-refractivity contribution in [2.75, 3.05) is 5.32 Å². The molecule has 0 aromatic heterocycles. The molecule has 0 radical (unpaired) electrons. The van der Waals surface area contributed by atoms with E-state index >= 15 is 0 Å². The first kappa shape index (κ1) is 20.4. The molecule has 0 aliphatic heterocycles. The van der Waals surface area contributed by atoms with Crippen LogP contribution in [0, 0.1) is 0 Å². The summed E-state index contributed by atoms with van der Waals surface area (Å²) in [5, 5.41) is 7.94. The molecule has 0 heterocycles. The van der Waals surface area contributed by atoms with Crippen molar-refractivity contribution in [3.63, 3.8) is 0 Å². The molecule has 0 aliphatic rings. The Morgan fingerprint density at radius 3 is 1.57 bits per heavy atom. The summed E-state index contributed by atoms with van der Waals surface area (Å²) in [6, 6.07) is 39.2. The SMILES string of the molecule is CC(C)(C)Nc1c(-c2ccccc2)cccc1P(c1ccccc1)c1ccccc1. The van der Waals surface area contributed by atoms with Crippen molar-refractivity contribution in [3.05, 3.63) is 109 Å². The number of nitrogens with one attached hydrogen (secondary N) is 1. The number of benzene rings is 4. The summed E-state index contributed by atoms with van der Waals surface area (Å²) in [5.74, 6) is 0. The zero-order valence-corrected chi connectivity index (χ0v) is 18.7. The molecule has 30 heavy (non-hydrogen) atoms. The number of hydrogen-bond donors (Lipinski definition) is 1. The Morgan fingerprint density at radius 2 is 1.07 bits per heavy atom. The normalized spacial score (nSPS) is 11.5. The van der Waals surface area contributed by atoms with E-state index in [2.05, 4.69) is 135 Å². The van der Waals surface area contributed by atoms with Crippen LogP contribution < -0.4 is 21.2 Å². The Bertz CT molecular complexity index is 1040. The first-order valence-corrected chi connectivity index (χ1v) is 11.7. The quantitative estimate of drug-likeness (QED) is 0.380. The molecule has 0 saturated carbocycles. The summed E-state index contributed by atoms with van der Waals surface area (Å²) in [7, 11) is -0.689. The fourth-order valence-corrected chi connectivity index (χ4v) is 6.10. The van der Waals surface area contributed by atoms with Gasteiger partial charge in [-0.15, -0.1) is 0 Å². The van der Waals surface area contributed by atoms with Gasteiger partial charge in [0, 0.05) is 16.4 Å². The lowest BCUT2D eigenvalue weighted by Crippen LogP contribution is -2.31. The van der Waals surface area contributed by atoms with Crippen molar-refractivity contribution < 1.29 is 0 Å². The van der Waals surface area contributed by atoms with E-state index in [1.54, 1.807) is 0 Å². The summed E-state index contributed by atoms with van der Waals surface area (Å²) >= 11 is 0. The van der Waals surface area contributed by atoms with Gasteiger partial charge in [0.1, 0.15) is 0 Å². The van der Waals surface area contributed by atoms with Crippen LogP contribution >= 0.6 is 7.92 Å². The smallest absolute Gasteiger partial charge is 0.0508 e. The van der Waals surface area contributed by atoms with Gasteiger partial charge < -0.3 is 5.32 Å². The third-order valence-corrected chi connectivity index (χ3v) is 7.38. The van der Waals surface area contributed by atoms with Gasteiger partial charge in [0.15, 0.2) is 0 Å². The molecule has 4 rings (SSSR count). The average molecular weight is 410 g/mol. The van der Waals surface area contributed by atoms with E-state index in [1.165, 1.54) is 32.7 Å². The predicted octanol–water partition coefficient (Wildman–Crippen LogP) is 6.32. The first-order chi connectivity index (χ1) is 14.5. The lowest BCUT2D eigenvalue weighted by atomic mass is 10.0. The molecule has 4 aromatic carbocycles. The monoisotopic (exact) mass is 409 g/mol. The Hall–Kier alpha value is -2.89. The highest BCUT2D eigenvalue weighted by Gasteiger charge is 2.24. The first-order valence-electron chi connectivity index (χ1n) is 10.4. The highest BCUT2D eigenvalue weighted by Crippen LogP contribution is 2.40. The highest BCUT2D eigenvalue weighted by molar-refractivity contribution is 7.80. The third kappa shape index (κ3) is 4.64. The van der Waals surface area contributed by atoms with Gasteiger partial charge in [-0.25, -0.2) is 0 Å². The van der Waals surface area contributed by atoms with Gasteiger partial charge in [0.25, 0.3) is 0 Å². The van der Waals surface area contributed by atoms with Crippen LogP contribution in [0.25, 0.3) is 11.1 Å². The molecule has 150 valence electrons. The minimum Gasteiger partial charge on any atom is -0.379 e. The zero-order chi connectivity index (χ0) is 21.0. The van der Waals surface area contributed by atoms with Crippen LogP contribution in [0.15, 0.2) is 109 Å². The summed E-state index contributed by atoms with van der Waals surface area (Å²) in [4.78, 5) is 0. The van der Waals surface area contributed by atoms with Crippen LogP contribution in [0.1, 0.15) is 20.8 Å². The minimum atomic E-state index is -0.689. The second-order valence-electron chi connectivity index (χ2n) is 8.45. The molecule has 0 atom stereocenters. The van der Waals surface area contributed by atoms with E-state index in [1.807, 2.05) is 0 Å². The molecule has 0 fully saturated rings. The lowest BCUT2D eigenvalue weighted by molar-refractivity contribution is 0.635. The Balaban J connectivity index is 1.97. The number of para-hydroxylation sites is 1. The molecule has 0 unspecified atom stereocenters. The predicted molar refractivity (Wildman–Crippen MR) is 134 cm³/mol. The molecule has 0 saturated heterocycles. The van der Waals surface area contributed by atoms with Gasteiger partial charge in [-0.05, 0) is 44.9 Å². The van der Waals surface area contributed by atoms with Crippen LogP contribution in [-0.4, -0.2) is 5.54 Å². The zero-order valence-electron chi connectivity index (χ0n) is 17.8. The molecule has 0 aliphatic carbocycles. The average Bonchev–Trinajstić information content (AvgIpc) is 2.76. The maximum atomic E-state index is 3.85. The molecule has 0 bridgehead atoms. The Morgan fingerprint density at radius 1 is 0.567 bits per heavy atom. The van der Waals surface area contributed by atoms with Crippen molar-refractivity contribution >= 4 is 29.5 Å². The van der Waals surface area contributed by atoms with E-state index in [9.17, 15) is 0 Å². The van der Waals surface area contributed by atoms with Crippen LogP contribution in [0.2, 0.25) is 0 Å². The molecule has 0 amide bonds. The largest absolute Gasteiger partial charge is 0.379 e. The molecular weight excluding hydrogens is 381 g/mol. The van der Waals surface area contributed by atoms with Gasteiger partial charge in [-0.3, -0.25) is 0 Å². The molecular formula is C28H28NP. The molecule has 2 heteroatoms. The molecule has 4 aromatic rings. The second kappa shape index (κ2) is 8.86. The highest BCUT2D eigenvalue weighted by atomic mass is 31.1. The number of rotatable bonds is 5. The second-order valence-corrected chi connectivity index (χ2v) is 10.6.